The molecule has 1 heteroatoms. The number of hydrogen-bond donors (Lipinski definition) is 0. The minimum Gasteiger partial charge on any atom is -0.228 e. The van der Waals surface area contributed by atoms with Crippen LogP contribution in [-0.4, -0.2) is 0 Å². The fraction of sp³-hybridized carbons (Fsp3) is 0.154. The van der Waals surface area contributed by atoms with Gasteiger partial charge < -0.3 is 0 Å². The summed E-state index contributed by atoms with van der Waals surface area (Å²) in [5.74, 6) is 0.545. The molecule has 1 aromatic rings. The Labute approximate surface area is 111 Å². The van der Waals surface area contributed by atoms with Gasteiger partial charge in [-0.05, 0) is 0 Å². The van der Waals surface area contributed by atoms with Crippen molar-refractivity contribution in [2.45, 2.75) is 6.42 Å². The van der Waals surface area contributed by atoms with E-state index in [4.69, 9.17) is 0 Å². The van der Waals surface area contributed by atoms with Crippen LogP contribution in [0.4, 0.5) is 0 Å². The molecule has 0 bridgehead atoms. The number of rotatable bonds is 2. The Morgan fingerprint density at radius 2 is 2.21 bits per heavy atom. The summed E-state index contributed by atoms with van der Waals surface area (Å²) in [7, 11) is 0. The van der Waals surface area contributed by atoms with Crippen molar-refractivity contribution in [3.63, 3.8) is 0 Å². The van der Waals surface area contributed by atoms with Crippen LogP contribution in [0, 0.1) is 18.4 Å². The second kappa shape index (κ2) is 6.21. The molecule has 1 unspecified atom stereocenters. The number of hydrogen-bond acceptors (Lipinski definition) is 0. The van der Waals surface area contributed by atoms with Crippen molar-refractivity contribution in [3.05, 3.63) is 66.6 Å². The van der Waals surface area contributed by atoms with E-state index in [-0.39, 0.29) is 32.7 Å². The molecule has 0 heterocycles. The Morgan fingerprint density at radius 1 is 1.29 bits per heavy atom. The van der Waals surface area contributed by atoms with Crippen LogP contribution in [0.1, 0.15) is 5.56 Å². The fourth-order valence-electron chi connectivity index (χ4n) is 1.49. The second-order valence-electron chi connectivity index (χ2n) is 3.22. The minimum absolute atomic E-state index is 0. The van der Waals surface area contributed by atoms with E-state index >= 15 is 0 Å². The van der Waals surface area contributed by atoms with Gasteiger partial charge in [0, 0.05) is 32.7 Å². The predicted molar refractivity (Wildman–Crippen MR) is 55.1 cm³/mol. The zero-order chi connectivity index (χ0) is 8.93. The van der Waals surface area contributed by atoms with Crippen LogP contribution < -0.4 is 0 Å². The van der Waals surface area contributed by atoms with Gasteiger partial charge in [0.15, 0.2) is 0 Å². The third kappa shape index (κ3) is 3.44. The van der Waals surface area contributed by atoms with Gasteiger partial charge in [0.25, 0.3) is 0 Å². The summed E-state index contributed by atoms with van der Waals surface area (Å²) in [5, 5.41) is 0. The molecule has 0 N–H and O–H groups in total. The smallest absolute Gasteiger partial charge is 0 e. The van der Waals surface area contributed by atoms with Crippen LogP contribution in [0.15, 0.2) is 48.6 Å². The molecule has 0 amide bonds. The molecule has 2 rings (SSSR count). The number of allylic oxidation sites excluding steroid dienone is 4. The summed E-state index contributed by atoms with van der Waals surface area (Å²) >= 11 is 0. The first kappa shape index (κ1) is 11.7. The van der Waals surface area contributed by atoms with E-state index < -0.39 is 0 Å². The van der Waals surface area contributed by atoms with Gasteiger partial charge in [0.05, 0.1) is 0 Å². The maximum atomic E-state index is 3.24. The zero-order valence-electron chi connectivity index (χ0n) is 8.06. The molecule has 0 nitrogen and oxygen atoms in total. The van der Waals surface area contributed by atoms with E-state index in [1.807, 2.05) is 12.1 Å². The van der Waals surface area contributed by atoms with Crippen molar-refractivity contribution in [3.8, 4) is 0 Å². The predicted octanol–water partition coefficient (Wildman–Crippen LogP) is 2.97. The molecule has 14 heavy (non-hydrogen) atoms. The van der Waals surface area contributed by atoms with Crippen molar-refractivity contribution < 1.29 is 32.7 Å². The second-order valence-corrected chi connectivity index (χ2v) is 3.22. The molecule has 1 aromatic carbocycles. The summed E-state index contributed by atoms with van der Waals surface area (Å²) in [5.41, 5.74) is 1.28. The van der Waals surface area contributed by atoms with Gasteiger partial charge in [0.2, 0.25) is 0 Å². The zero-order valence-corrected chi connectivity index (χ0v) is 10.9. The maximum absolute atomic E-state index is 3.24. The van der Waals surface area contributed by atoms with Gasteiger partial charge in [-0.1, -0.05) is 12.3 Å². The molecule has 1 radical (unpaired) electrons. The topological polar surface area (TPSA) is 0 Å². The first-order chi connectivity index (χ1) is 6.45. The van der Waals surface area contributed by atoms with Crippen molar-refractivity contribution >= 4 is 0 Å². The average molecular weight is 257 g/mol. The summed E-state index contributed by atoms with van der Waals surface area (Å²) in [4.78, 5) is 0. The van der Waals surface area contributed by atoms with E-state index in [9.17, 15) is 0 Å². The summed E-state index contributed by atoms with van der Waals surface area (Å²) < 4.78 is 0. The fourth-order valence-corrected chi connectivity index (χ4v) is 1.49. The summed E-state index contributed by atoms with van der Waals surface area (Å²) in [6.45, 7) is 0. The SMILES string of the molecule is [Y].[c-]1ccccc1CC1C=CC=C[CH-]1. The van der Waals surface area contributed by atoms with Gasteiger partial charge in [0.1, 0.15) is 0 Å². The van der Waals surface area contributed by atoms with Crippen LogP contribution in [-0.2, 0) is 39.1 Å². The van der Waals surface area contributed by atoms with E-state index in [2.05, 4.69) is 48.9 Å². The van der Waals surface area contributed by atoms with Crippen LogP contribution in [0.2, 0.25) is 0 Å². The largest absolute Gasteiger partial charge is 0.228 e. The van der Waals surface area contributed by atoms with Crippen molar-refractivity contribution in [1.29, 1.82) is 0 Å². The Bertz CT molecular complexity index is 311. The van der Waals surface area contributed by atoms with Crippen LogP contribution in [0.3, 0.4) is 0 Å². The van der Waals surface area contributed by atoms with E-state index in [0.717, 1.165) is 6.42 Å². The Kier molecular flexibility index (Phi) is 5.21. The Morgan fingerprint density at radius 3 is 2.86 bits per heavy atom. The van der Waals surface area contributed by atoms with Crippen LogP contribution in [0.5, 0.6) is 0 Å². The third-order valence-corrected chi connectivity index (χ3v) is 2.17. The molecule has 0 aliphatic heterocycles. The number of benzene rings is 1. The molecular formula is C13H12Y-2. The summed E-state index contributed by atoms with van der Waals surface area (Å²) in [6.07, 6.45) is 11.8. The average Bonchev–Trinajstić information content (AvgIpc) is 2.21. The molecule has 0 saturated heterocycles. The summed E-state index contributed by atoms with van der Waals surface area (Å²) in [6, 6.07) is 11.4. The normalized spacial score (nSPS) is 18.4. The first-order valence-corrected chi connectivity index (χ1v) is 4.59. The van der Waals surface area contributed by atoms with E-state index in [1.54, 1.807) is 0 Å². The Balaban J connectivity index is 0.000000980. The molecule has 0 saturated carbocycles. The quantitative estimate of drug-likeness (QED) is 0.714. The molecule has 1 atom stereocenters. The maximum Gasteiger partial charge on any atom is 0 e. The standard InChI is InChI=1S/C13H12.Y/c1-3-7-12(8-4-1)11-13-9-5-2-6-10-13;/h1-9,12H,11H2;/q-2;. The van der Waals surface area contributed by atoms with Gasteiger partial charge in [-0.15, -0.1) is 12.2 Å². The van der Waals surface area contributed by atoms with Gasteiger partial charge in [-0.2, -0.15) is 35.9 Å². The molecule has 1 aliphatic carbocycles. The molecule has 0 fully saturated rings. The minimum atomic E-state index is 0. The van der Waals surface area contributed by atoms with E-state index in [0.29, 0.717) is 5.92 Å². The third-order valence-electron chi connectivity index (χ3n) is 2.17. The molecule has 69 valence electrons. The van der Waals surface area contributed by atoms with Gasteiger partial charge in [-0.25, -0.2) is 18.6 Å². The molecule has 0 aromatic heterocycles. The molecule has 0 spiro atoms. The van der Waals surface area contributed by atoms with Crippen molar-refractivity contribution in [1.82, 2.24) is 0 Å². The van der Waals surface area contributed by atoms with Crippen LogP contribution in [0.25, 0.3) is 0 Å². The Hall–Kier alpha value is -0.326. The van der Waals surface area contributed by atoms with Gasteiger partial charge >= 0.3 is 0 Å². The molecule has 1 aliphatic rings. The van der Waals surface area contributed by atoms with Gasteiger partial charge in [-0.3, -0.25) is 0 Å². The van der Waals surface area contributed by atoms with E-state index in [1.165, 1.54) is 5.56 Å². The molecular weight excluding hydrogens is 245 g/mol. The van der Waals surface area contributed by atoms with Crippen LogP contribution >= 0.6 is 0 Å². The first-order valence-electron chi connectivity index (χ1n) is 4.59. The van der Waals surface area contributed by atoms with Crippen molar-refractivity contribution in [2.75, 3.05) is 0 Å². The van der Waals surface area contributed by atoms with Crippen molar-refractivity contribution in [2.24, 2.45) is 5.92 Å². The monoisotopic (exact) mass is 257 g/mol.